The lowest BCUT2D eigenvalue weighted by atomic mass is 10.1. The van der Waals surface area contributed by atoms with Crippen molar-refractivity contribution in [2.45, 2.75) is 13.0 Å². The van der Waals surface area contributed by atoms with Gasteiger partial charge in [-0.05, 0) is 12.5 Å². The molecule has 0 aromatic heterocycles. The van der Waals surface area contributed by atoms with Crippen LogP contribution in [0.2, 0.25) is 0 Å². The van der Waals surface area contributed by atoms with Crippen LogP contribution in [0.1, 0.15) is 17.2 Å². The van der Waals surface area contributed by atoms with Crippen LogP contribution in [0, 0.1) is 28.4 Å². The molecule has 0 aliphatic carbocycles. The maximum absolute atomic E-state index is 10.6. The minimum absolute atomic E-state index is 0.00630. The lowest BCUT2D eigenvalue weighted by Gasteiger charge is -2.03. The van der Waals surface area contributed by atoms with Crippen LogP contribution in [-0.4, -0.2) is 4.92 Å². The van der Waals surface area contributed by atoms with E-state index in [1.54, 1.807) is 19.1 Å². The normalized spacial score (nSPS) is 11.8. The van der Waals surface area contributed by atoms with E-state index in [0.717, 1.165) is 0 Å². The van der Waals surface area contributed by atoms with E-state index in [1.165, 1.54) is 6.07 Å². The molecule has 1 unspecified atom stereocenters. The first-order chi connectivity index (χ1) is 6.56. The van der Waals surface area contributed by atoms with E-state index in [1.807, 2.05) is 6.07 Å². The van der Waals surface area contributed by atoms with E-state index in [0.29, 0.717) is 11.1 Å². The number of nitrogens with two attached hydrogens (primary N) is 1. The van der Waals surface area contributed by atoms with Crippen molar-refractivity contribution in [1.29, 1.82) is 5.26 Å². The molecule has 0 saturated carbocycles. The number of nitriles is 1. The Balaban J connectivity index is 3.21. The predicted molar refractivity (Wildman–Crippen MR) is 50.4 cm³/mol. The van der Waals surface area contributed by atoms with Crippen LogP contribution < -0.4 is 5.73 Å². The zero-order chi connectivity index (χ0) is 10.7. The highest BCUT2D eigenvalue weighted by atomic mass is 16.6. The molecule has 1 aromatic carbocycles. The summed E-state index contributed by atoms with van der Waals surface area (Å²) in [4.78, 5) is 10.1. The number of rotatable bonds is 2. The van der Waals surface area contributed by atoms with Gasteiger partial charge in [0.1, 0.15) is 6.04 Å². The molecule has 2 N–H and O–H groups in total. The van der Waals surface area contributed by atoms with Crippen molar-refractivity contribution < 1.29 is 4.92 Å². The molecule has 1 atom stereocenters. The van der Waals surface area contributed by atoms with Gasteiger partial charge in [0.25, 0.3) is 5.69 Å². The van der Waals surface area contributed by atoms with Gasteiger partial charge in [-0.1, -0.05) is 12.1 Å². The van der Waals surface area contributed by atoms with Crippen molar-refractivity contribution in [2.75, 3.05) is 0 Å². The van der Waals surface area contributed by atoms with Gasteiger partial charge < -0.3 is 5.73 Å². The maximum Gasteiger partial charge on any atom is 0.272 e. The molecule has 0 bridgehead atoms. The van der Waals surface area contributed by atoms with Crippen molar-refractivity contribution in [1.82, 2.24) is 0 Å². The van der Waals surface area contributed by atoms with Gasteiger partial charge in [0.05, 0.1) is 11.0 Å². The quantitative estimate of drug-likeness (QED) is 0.565. The molecule has 0 spiro atoms. The van der Waals surface area contributed by atoms with Gasteiger partial charge in [-0.3, -0.25) is 10.1 Å². The third-order valence-electron chi connectivity index (χ3n) is 1.93. The Hall–Kier alpha value is -1.93. The Bertz CT molecular complexity index is 409. The Morgan fingerprint density at radius 2 is 2.29 bits per heavy atom. The molecule has 1 aromatic rings. The first-order valence-electron chi connectivity index (χ1n) is 3.96. The molecule has 0 fully saturated rings. The number of nitrogens with zero attached hydrogens (tertiary/aromatic N) is 2. The number of hydrogen-bond acceptors (Lipinski definition) is 4. The summed E-state index contributed by atoms with van der Waals surface area (Å²) in [5, 5.41) is 19.1. The van der Waals surface area contributed by atoms with E-state index in [2.05, 4.69) is 0 Å². The van der Waals surface area contributed by atoms with Crippen molar-refractivity contribution in [3.8, 4) is 6.07 Å². The second kappa shape index (κ2) is 3.85. The highest BCUT2D eigenvalue weighted by Crippen LogP contribution is 2.21. The molecule has 0 heterocycles. The van der Waals surface area contributed by atoms with Crippen molar-refractivity contribution in [3.05, 3.63) is 39.4 Å². The third kappa shape index (κ3) is 1.87. The molecule has 0 aliphatic heterocycles. The van der Waals surface area contributed by atoms with E-state index in [4.69, 9.17) is 11.0 Å². The Kier molecular flexibility index (Phi) is 2.79. The molecular formula is C9H9N3O2. The number of nitro groups is 1. The molecule has 1 rings (SSSR count). The summed E-state index contributed by atoms with van der Waals surface area (Å²) in [7, 11) is 0. The van der Waals surface area contributed by atoms with Crippen LogP contribution in [0.25, 0.3) is 0 Å². The Labute approximate surface area is 80.9 Å². The summed E-state index contributed by atoms with van der Waals surface area (Å²) in [5.74, 6) is 0. The van der Waals surface area contributed by atoms with Crippen LogP contribution in [0.3, 0.4) is 0 Å². The van der Waals surface area contributed by atoms with Crippen LogP contribution >= 0.6 is 0 Å². The standard InChI is InChI=1S/C9H9N3O2/c1-6-2-3-7(8(11)5-10)4-9(6)12(13)14/h2-4,8H,11H2,1H3. The average molecular weight is 191 g/mol. The lowest BCUT2D eigenvalue weighted by molar-refractivity contribution is -0.385. The monoisotopic (exact) mass is 191 g/mol. The highest BCUT2D eigenvalue weighted by Gasteiger charge is 2.13. The molecule has 72 valence electrons. The van der Waals surface area contributed by atoms with Crippen LogP contribution in [0.5, 0.6) is 0 Å². The van der Waals surface area contributed by atoms with Crippen molar-refractivity contribution >= 4 is 5.69 Å². The summed E-state index contributed by atoms with van der Waals surface area (Å²) in [6.07, 6.45) is 0. The second-order valence-corrected chi connectivity index (χ2v) is 2.91. The lowest BCUT2D eigenvalue weighted by Crippen LogP contribution is -2.07. The zero-order valence-corrected chi connectivity index (χ0v) is 7.60. The fourth-order valence-electron chi connectivity index (χ4n) is 1.09. The van der Waals surface area contributed by atoms with Crippen LogP contribution in [-0.2, 0) is 0 Å². The molecule has 14 heavy (non-hydrogen) atoms. The fourth-order valence-corrected chi connectivity index (χ4v) is 1.09. The summed E-state index contributed by atoms with van der Waals surface area (Å²) in [6, 6.07) is 5.56. The third-order valence-corrected chi connectivity index (χ3v) is 1.93. The van der Waals surface area contributed by atoms with Crippen LogP contribution in [0.15, 0.2) is 18.2 Å². The SMILES string of the molecule is Cc1ccc(C(N)C#N)cc1[N+](=O)[O-]. The fraction of sp³-hybridized carbons (Fsp3) is 0.222. The van der Waals surface area contributed by atoms with Gasteiger partial charge in [0.2, 0.25) is 0 Å². The second-order valence-electron chi connectivity index (χ2n) is 2.91. The van der Waals surface area contributed by atoms with E-state index in [9.17, 15) is 10.1 Å². The molecule has 5 heteroatoms. The van der Waals surface area contributed by atoms with E-state index < -0.39 is 11.0 Å². The first-order valence-corrected chi connectivity index (χ1v) is 3.96. The van der Waals surface area contributed by atoms with E-state index in [-0.39, 0.29) is 5.69 Å². The summed E-state index contributed by atoms with van der Waals surface area (Å²) in [5.41, 5.74) is 6.45. The van der Waals surface area contributed by atoms with Gasteiger partial charge in [-0.25, -0.2) is 0 Å². The van der Waals surface area contributed by atoms with Crippen molar-refractivity contribution in [3.63, 3.8) is 0 Å². The highest BCUT2D eigenvalue weighted by molar-refractivity contribution is 5.44. The Morgan fingerprint density at radius 1 is 1.64 bits per heavy atom. The molecule has 0 radical (unpaired) electrons. The zero-order valence-electron chi connectivity index (χ0n) is 7.60. The minimum atomic E-state index is -0.811. The summed E-state index contributed by atoms with van der Waals surface area (Å²) < 4.78 is 0. The maximum atomic E-state index is 10.6. The Morgan fingerprint density at radius 3 is 2.79 bits per heavy atom. The largest absolute Gasteiger partial charge is 0.312 e. The average Bonchev–Trinajstić information content (AvgIpc) is 2.17. The number of nitro benzene ring substituents is 1. The molecule has 0 saturated heterocycles. The van der Waals surface area contributed by atoms with Gasteiger partial charge >= 0.3 is 0 Å². The van der Waals surface area contributed by atoms with Crippen LogP contribution in [0.4, 0.5) is 5.69 Å². The molecule has 0 amide bonds. The van der Waals surface area contributed by atoms with Gasteiger partial charge in [0, 0.05) is 11.6 Å². The summed E-state index contributed by atoms with van der Waals surface area (Å²) >= 11 is 0. The minimum Gasteiger partial charge on any atom is -0.312 e. The van der Waals surface area contributed by atoms with E-state index >= 15 is 0 Å². The van der Waals surface area contributed by atoms with Gasteiger partial charge in [-0.15, -0.1) is 0 Å². The number of hydrogen-bond donors (Lipinski definition) is 1. The topological polar surface area (TPSA) is 93.0 Å². The first kappa shape index (κ1) is 10.2. The molecular weight excluding hydrogens is 182 g/mol. The molecule has 5 nitrogen and oxygen atoms in total. The smallest absolute Gasteiger partial charge is 0.272 e. The summed E-state index contributed by atoms with van der Waals surface area (Å²) in [6.45, 7) is 1.64. The van der Waals surface area contributed by atoms with Gasteiger partial charge in [0.15, 0.2) is 0 Å². The number of aryl methyl sites for hydroxylation is 1. The van der Waals surface area contributed by atoms with Crippen molar-refractivity contribution in [2.24, 2.45) is 5.73 Å². The van der Waals surface area contributed by atoms with Gasteiger partial charge in [-0.2, -0.15) is 5.26 Å². The molecule has 0 aliphatic rings. The predicted octanol–water partition coefficient (Wildman–Crippen LogP) is 1.43. The number of benzene rings is 1.